The first-order valence-electron chi connectivity index (χ1n) is 8.19. The lowest BCUT2D eigenvalue weighted by Crippen LogP contribution is -2.49. The van der Waals surface area contributed by atoms with Crippen molar-refractivity contribution in [2.45, 2.75) is 18.4 Å². The fraction of sp³-hybridized carbons (Fsp3) is 0.333. The number of methoxy groups -OCH3 is 1. The number of hydrogen-bond acceptors (Lipinski definition) is 4. The van der Waals surface area contributed by atoms with Crippen LogP contribution in [0.2, 0.25) is 5.15 Å². The van der Waals surface area contributed by atoms with Crippen LogP contribution in [0.4, 0.5) is 10.5 Å². The van der Waals surface area contributed by atoms with Crippen LogP contribution in [0, 0.1) is 0 Å². The molecule has 0 bridgehead atoms. The zero-order valence-corrected chi connectivity index (χ0v) is 14.7. The summed E-state index contributed by atoms with van der Waals surface area (Å²) in [5.41, 5.74) is 1.78. The SMILES string of the molecule is COc1ccc(C2CNCCC2NC(=O)Nc2ccc(Cl)nc2)cc1. The number of nitrogens with zero attached hydrogens (tertiary/aromatic N) is 1. The normalized spacial score (nSPS) is 19.9. The molecule has 2 amide bonds. The lowest BCUT2D eigenvalue weighted by Gasteiger charge is -2.33. The third-order valence-electron chi connectivity index (χ3n) is 4.33. The fourth-order valence-corrected chi connectivity index (χ4v) is 3.13. The van der Waals surface area contributed by atoms with Gasteiger partial charge in [-0.25, -0.2) is 9.78 Å². The van der Waals surface area contributed by atoms with Crippen LogP contribution in [0.15, 0.2) is 42.6 Å². The number of halogens is 1. The number of benzene rings is 1. The minimum atomic E-state index is -0.241. The molecule has 6 nitrogen and oxygen atoms in total. The first-order valence-corrected chi connectivity index (χ1v) is 8.57. The molecule has 2 atom stereocenters. The number of piperidine rings is 1. The standard InChI is InChI=1S/C18H21ClN4O2/c1-25-14-5-2-12(3-6-14)15-11-20-9-8-16(15)23-18(24)22-13-4-7-17(19)21-10-13/h2-7,10,15-16,20H,8-9,11H2,1H3,(H2,22,23,24). The number of carbonyl (C=O) groups excluding carboxylic acids is 1. The number of carbonyl (C=O) groups is 1. The van der Waals surface area contributed by atoms with Crippen LogP contribution in [0.5, 0.6) is 5.75 Å². The Balaban J connectivity index is 1.65. The molecule has 7 heteroatoms. The van der Waals surface area contributed by atoms with Crippen LogP contribution in [0.1, 0.15) is 17.9 Å². The van der Waals surface area contributed by atoms with Crippen LogP contribution < -0.4 is 20.7 Å². The fourth-order valence-electron chi connectivity index (χ4n) is 3.02. The van der Waals surface area contributed by atoms with E-state index in [9.17, 15) is 4.79 Å². The van der Waals surface area contributed by atoms with E-state index in [1.807, 2.05) is 24.3 Å². The molecule has 2 unspecified atom stereocenters. The van der Waals surface area contributed by atoms with Gasteiger partial charge in [-0.1, -0.05) is 23.7 Å². The quantitative estimate of drug-likeness (QED) is 0.733. The predicted octanol–water partition coefficient (Wildman–Crippen LogP) is 3.01. The largest absolute Gasteiger partial charge is 0.497 e. The molecule has 2 heterocycles. The molecule has 1 aliphatic heterocycles. The molecule has 1 aliphatic rings. The van der Waals surface area contributed by atoms with E-state index >= 15 is 0 Å². The number of pyridine rings is 1. The highest BCUT2D eigenvalue weighted by Crippen LogP contribution is 2.26. The Morgan fingerprint density at radius 3 is 2.76 bits per heavy atom. The minimum Gasteiger partial charge on any atom is -0.497 e. The van der Waals surface area contributed by atoms with Crippen molar-refractivity contribution in [3.05, 3.63) is 53.3 Å². The second kappa shape index (κ2) is 8.18. The van der Waals surface area contributed by atoms with Crippen molar-refractivity contribution in [1.82, 2.24) is 15.6 Å². The average molecular weight is 361 g/mol. The van der Waals surface area contributed by atoms with Crippen molar-refractivity contribution in [3.63, 3.8) is 0 Å². The first-order chi connectivity index (χ1) is 12.2. The van der Waals surface area contributed by atoms with Gasteiger partial charge in [0.15, 0.2) is 0 Å². The van der Waals surface area contributed by atoms with Crippen LogP contribution in [0.3, 0.4) is 0 Å². The van der Waals surface area contributed by atoms with Gasteiger partial charge in [-0.3, -0.25) is 0 Å². The molecule has 2 aromatic rings. The van der Waals surface area contributed by atoms with Crippen molar-refractivity contribution >= 4 is 23.3 Å². The lowest BCUT2D eigenvalue weighted by atomic mass is 9.87. The highest BCUT2D eigenvalue weighted by molar-refractivity contribution is 6.29. The zero-order valence-electron chi connectivity index (χ0n) is 14.0. The summed E-state index contributed by atoms with van der Waals surface area (Å²) in [6, 6.07) is 11.2. The van der Waals surface area contributed by atoms with Crippen LogP contribution >= 0.6 is 11.6 Å². The number of aromatic nitrogens is 1. The summed E-state index contributed by atoms with van der Waals surface area (Å²) in [7, 11) is 1.65. The highest BCUT2D eigenvalue weighted by atomic mass is 35.5. The molecular weight excluding hydrogens is 340 g/mol. The Hall–Kier alpha value is -2.31. The monoisotopic (exact) mass is 360 g/mol. The Morgan fingerprint density at radius 1 is 1.28 bits per heavy atom. The topological polar surface area (TPSA) is 75.3 Å². The van der Waals surface area contributed by atoms with Gasteiger partial charge in [0.1, 0.15) is 10.9 Å². The summed E-state index contributed by atoms with van der Waals surface area (Å²) in [5.74, 6) is 1.03. The average Bonchev–Trinajstić information content (AvgIpc) is 2.64. The van der Waals surface area contributed by atoms with Crippen molar-refractivity contribution in [1.29, 1.82) is 0 Å². The van der Waals surface area contributed by atoms with Crippen molar-refractivity contribution in [2.24, 2.45) is 0 Å². The lowest BCUT2D eigenvalue weighted by molar-refractivity contribution is 0.242. The number of hydrogen-bond donors (Lipinski definition) is 3. The van der Waals surface area contributed by atoms with E-state index in [4.69, 9.17) is 16.3 Å². The van der Waals surface area contributed by atoms with Crippen molar-refractivity contribution in [3.8, 4) is 5.75 Å². The Kier molecular flexibility index (Phi) is 5.73. The molecule has 0 spiro atoms. The van der Waals surface area contributed by atoms with Gasteiger partial charge in [-0.05, 0) is 42.8 Å². The third kappa shape index (κ3) is 4.61. The molecule has 25 heavy (non-hydrogen) atoms. The molecule has 1 aromatic carbocycles. The Morgan fingerprint density at radius 2 is 2.08 bits per heavy atom. The van der Waals surface area contributed by atoms with E-state index in [-0.39, 0.29) is 18.0 Å². The van der Waals surface area contributed by atoms with E-state index < -0.39 is 0 Å². The molecule has 1 aromatic heterocycles. The van der Waals surface area contributed by atoms with Gasteiger partial charge in [0.25, 0.3) is 0 Å². The van der Waals surface area contributed by atoms with Gasteiger partial charge in [-0.15, -0.1) is 0 Å². The molecule has 0 radical (unpaired) electrons. The molecule has 0 aliphatic carbocycles. The van der Waals surface area contributed by atoms with Crippen molar-refractivity contribution < 1.29 is 9.53 Å². The molecule has 3 N–H and O–H groups in total. The van der Waals surface area contributed by atoms with Crippen molar-refractivity contribution in [2.75, 3.05) is 25.5 Å². The maximum Gasteiger partial charge on any atom is 0.319 e. The number of anilines is 1. The zero-order chi connectivity index (χ0) is 17.6. The van der Waals surface area contributed by atoms with Gasteiger partial charge in [-0.2, -0.15) is 0 Å². The molecule has 1 saturated heterocycles. The molecule has 132 valence electrons. The van der Waals surface area contributed by atoms with Gasteiger partial charge >= 0.3 is 6.03 Å². The predicted molar refractivity (Wildman–Crippen MR) is 98.4 cm³/mol. The van der Waals surface area contributed by atoms with E-state index in [2.05, 4.69) is 20.9 Å². The Bertz CT molecular complexity index is 706. The summed E-state index contributed by atoms with van der Waals surface area (Å²) in [6.45, 7) is 1.69. The Labute approximate surface area is 151 Å². The van der Waals surface area contributed by atoms with Crippen LogP contribution in [-0.2, 0) is 0 Å². The molecular formula is C18H21ClN4O2. The third-order valence-corrected chi connectivity index (χ3v) is 4.55. The van der Waals surface area contributed by atoms with E-state index in [0.29, 0.717) is 10.8 Å². The smallest absolute Gasteiger partial charge is 0.319 e. The summed E-state index contributed by atoms with van der Waals surface area (Å²) in [4.78, 5) is 16.3. The first kappa shape index (κ1) is 17.5. The molecule has 1 fully saturated rings. The molecule has 0 saturated carbocycles. The summed E-state index contributed by atoms with van der Waals surface area (Å²) >= 11 is 5.76. The number of nitrogens with one attached hydrogen (secondary N) is 3. The molecule has 3 rings (SSSR count). The number of ether oxygens (including phenoxy) is 1. The van der Waals surface area contributed by atoms with E-state index in [1.54, 1.807) is 19.2 Å². The summed E-state index contributed by atoms with van der Waals surface area (Å²) in [6.07, 6.45) is 2.40. The highest BCUT2D eigenvalue weighted by Gasteiger charge is 2.27. The number of rotatable bonds is 4. The van der Waals surface area contributed by atoms with Crippen LogP contribution in [0.25, 0.3) is 0 Å². The second-order valence-corrected chi connectivity index (χ2v) is 6.33. The number of amides is 2. The minimum absolute atomic E-state index is 0.0508. The summed E-state index contributed by atoms with van der Waals surface area (Å²) in [5, 5.41) is 9.66. The van der Waals surface area contributed by atoms with Gasteiger partial charge in [0.2, 0.25) is 0 Å². The maximum atomic E-state index is 12.3. The van der Waals surface area contributed by atoms with Crippen LogP contribution in [-0.4, -0.2) is 37.3 Å². The van der Waals surface area contributed by atoms with Gasteiger partial charge in [0.05, 0.1) is 19.0 Å². The summed E-state index contributed by atoms with van der Waals surface area (Å²) < 4.78 is 5.21. The number of urea groups is 1. The maximum absolute atomic E-state index is 12.3. The van der Waals surface area contributed by atoms with E-state index in [1.165, 1.54) is 11.8 Å². The van der Waals surface area contributed by atoms with Gasteiger partial charge < -0.3 is 20.7 Å². The van der Waals surface area contributed by atoms with Gasteiger partial charge in [0, 0.05) is 18.5 Å². The van der Waals surface area contributed by atoms with E-state index in [0.717, 1.165) is 25.3 Å². The second-order valence-electron chi connectivity index (χ2n) is 5.95.